The molecule has 0 aromatic rings. The van der Waals surface area contributed by atoms with Gasteiger partial charge in [-0.1, -0.05) is 6.92 Å². The Morgan fingerprint density at radius 2 is 2.11 bits per heavy atom. The molecule has 0 bridgehead atoms. The van der Waals surface area contributed by atoms with Crippen molar-refractivity contribution < 1.29 is 19.7 Å². The van der Waals surface area contributed by atoms with Crippen LogP contribution in [0.5, 0.6) is 0 Å². The van der Waals surface area contributed by atoms with E-state index >= 15 is 0 Å². The molecular formula is C13H25NO4. The van der Waals surface area contributed by atoms with Gasteiger partial charge in [-0.2, -0.15) is 0 Å². The monoisotopic (exact) mass is 259 g/mol. The van der Waals surface area contributed by atoms with Crippen molar-refractivity contribution >= 4 is 6.09 Å². The molecule has 1 aliphatic carbocycles. The Kier molecular flexibility index (Phi) is 4.61. The first kappa shape index (κ1) is 15.2. The van der Waals surface area contributed by atoms with Gasteiger partial charge < -0.3 is 20.3 Å². The number of aliphatic hydroxyl groups is 2. The zero-order valence-electron chi connectivity index (χ0n) is 11.7. The highest BCUT2D eigenvalue weighted by Crippen LogP contribution is 2.31. The van der Waals surface area contributed by atoms with E-state index in [0.717, 1.165) is 6.42 Å². The van der Waals surface area contributed by atoms with Gasteiger partial charge in [-0.15, -0.1) is 0 Å². The van der Waals surface area contributed by atoms with Crippen LogP contribution in [0.2, 0.25) is 0 Å². The highest BCUT2D eigenvalue weighted by Gasteiger charge is 2.40. The van der Waals surface area contributed by atoms with Crippen LogP contribution in [-0.4, -0.2) is 40.2 Å². The Hall–Kier alpha value is -0.810. The Balaban J connectivity index is 2.44. The number of amides is 1. The first-order valence-electron chi connectivity index (χ1n) is 6.50. The fraction of sp³-hybridized carbons (Fsp3) is 0.923. The molecule has 0 aliphatic heterocycles. The second-order valence-electron chi connectivity index (χ2n) is 6.35. The minimum Gasteiger partial charge on any atom is -0.444 e. The van der Waals surface area contributed by atoms with E-state index < -0.39 is 23.4 Å². The van der Waals surface area contributed by atoms with Crippen LogP contribution in [0.3, 0.4) is 0 Å². The molecule has 1 unspecified atom stereocenters. The largest absolute Gasteiger partial charge is 0.444 e. The van der Waals surface area contributed by atoms with Gasteiger partial charge in [0.25, 0.3) is 0 Å². The fourth-order valence-electron chi connectivity index (χ4n) is 2.13. The van der Waals surface area contributed by atoms with Gasteiger partial charge in [-0.3, -0.25) is 0 Å². The molecule has 0 aromatic heterocycles. The topological polar surface area (TPSA) is 78.8 Å². The Morgan fingerprint density at radius 3 is 2.61 bits per heavy atom. The fourth-order valence-corrected chi connectivity index (χ4v) is 2.13. The SMILES string of the molecule is CC1CC[C@@](O)(CNC(=O)OC(C)(C)C)[C@H](O)C1. The average Bonchev–Trinajstić information content (AvgIpc) is 2.19. The third-order valence-electron chi connectivity index (χ3n) is 3.25. The van der Waals surface area contributed by atoms with E-state index in [2.05, 4.69) is 5.32 Å². The molecule has 0 aromatic carbocycles. The first-order chi connectivity index (χ1) is 8.12. The highest BCUT2D eigenvalue weighted by atomic mass is 16.6. The molecule has 0 spiro atoms. The van der Waals surface area contributed by atoms with Crippen molar-refractivity contribution in [3.05, 3.63) is 0 Å². The van der Waals surface area contributed by atoms with Crippen LogP contribution in [0.1, 0.15) is 47.0 Å². The van der Waals surface area contributed by atoms with E-state index in [4.69, 9.17) is 4.74 Å². The molecule has 1 aliphatic rings. The quantitative estimate of drug-likeness (QED) is 0.701. The zero-order chi connectivity index (χ0) is 14.0. The maximum atomic E-state index is 11.5. The molecule has 5 heteroatoms. The van der Waals surface area contributed by atoms with Gasteiger partial charge in [-0.25, -0.2) is 4.79 Å². The number of alkyl carbamates (subject to hydrolysis) is 1. The minimum absolute atomic E-state index is 0.0236. The number of ether oxygens (including phenoxy) is 1. The summed E-state index contributed by atoms with van der Waals surface area (Å²) in [7, 11) is 0. The van der Waals surface area contributed by atoms with Gasteiger partial charge in [-0.05, 0) is 46.0 Å². The summed E-state index contributed by atoms with van der Waals surface area (Å²) in [5.41, 5.74) is -1.80. The van der Waals surface area contributed by atoms with Gasteiger partial charge in [0.2, 0.25) is 0 Å². The lowest BCUT2D eigenvalue weighted by atomic mass is 9.77. The Labute approximate surface area is 109 Å². The highest BCUT2D eigenvalue weighted by molar-refractivity contribution is 5.67. The Morgan fingerprint density at radius 1 is 1.50 bits per heavy atom. The van der Waals surface area contributed by atoms with Crippen molar-refractivity contribution in [2.75, 3.05) is 6.54 Å². The molecule has 106 valence electrons. The molecule has 3 N–H and O–H groups in total. The smallest absolute Gasteiger partial charge is 0.407 e. The van der Waals surface area contributed by atoms with Crippen LogP contribution in [0.4, 0.5) is 4.79 Å². The van der Waals surface area contributed by atoms with Crippen LogP contribution >= 0.6 is 0 Å². The van der Waals surface area contributed by atoms with Crippen LogP contribution in [0, 0.1) is 5.92 Å². The lowest BCUT2D eigenvalue weighted by Crippen LogP contribution is -2.54. The molecule has 3 atom stereocenters. The minimum atomic E-state index is -1.23. The summed E-state index contributed by atoms with van der Waals surface area (Å²) in [6.45, 7) is 7.40. The molecule has 18 heavy (non-hydrogen) atoms. The lowest BCUT2D eigenvalue weighted by Gasteiger charge is -2.39. The average molecular weight is 259 g/mol. The van der Waals surface area contributed by atoms with E-state index in [1.807, 2.05) is 6.92 Å². The van der Waals surface area contributed by atoms with E-state index in [0.29, 0.717) is 18.8 Å². The molecule has 1 amide bonds. The van der Waals surface area contributed by atoms with E-state index in [1.54, 1.807) is 20.8 Å². The summed E-state index contributed by atoms with van der Waals surface area (Å²) in [5.74, 6) is 0.404. The Bertz CT molecular complexity index is 300. The molecule has 1 rings (SSSR count). The van der Waals surface area contributed by atoms with Crippen LogP contribution in [-0.2, 0) is 4.74 Å². The van der Waals surface area contributed by atoms with Crippen molar-refractivity contribution in [1.29, 1.82) is 0 Å². The second-order valence-corrected chi connectivity index (χ2v) is 6.35. The molecule has 1 fully saturated rings. The van der Waals surface area contributed by atoms with Crippen molar-refractivity contribution in [3.63, 3.8) is 0 Å². The maximum absolute atomic E-state index is 11.5. The summed E-state index contributed by atoms with van der Waals surface area (Å²) in [5, 5.41) is 22.7. The molecule has 1 saturated carbocycles. The number of hydrogen-bond donors (Lipinski definition) is 3. The van der Waals surface area contributed by atoms with Crippen molar-refractivity contribution in [2.24, 2.45) is 5.92 Å². The van der Waals surface area contributed by atoms with E-state index in [1.165, 1.54) is 0 Å². The number of aliphatic hydroxyl groups excluding tert-OH is 1. The summed E-state index contributed by atoms with van der Waals surface area (Å²) in [4.78, 5) is 11.5. The van der Waals surface area contributed by atoms with Gasteiger partial charge in [0.1, 0.15) is 11.2 Å². The number of carbonyl (C=O) groups excluding carboxylic acids is 1. The zero-order valence-corrected chi connectivity index (χ0v) is 11.7. The van der Waals surface area contributed by atoms with Gasteiger partial charge in [0, 0.05) is 0 Å². The molecule has 0 heterocycles. The van der Waals surface area contributed by atoms with Crippen molar-refractivity contribution in [2.45, 2.75) is 64.3 Å². The number of carbonyl (C=O) groups is 1. The van der Waals surface area contributed by atoms with Crippen LogP contribution in [0.25, 0.3) is 0 Å². The predicted molar refractivity (Wildman–Crippen MR) is 68.2 cm³/mol. The van der Waals surface area contributed by atoms with E-state index in [9.17, 15) is 15.0 Å². The van der Waals surface area contributed by atoms with Gasteiger partial charge in [0.05, 0.1) is 12.6 Å². The standard InChI is InChI=1S/C13H25NO4/c1-9-5-6-13(17,10(15)7-9)8-14-11(16)18-12(2,3)4/h9-10,15,17H,5-8H2,1-4H3,(H,14,16)/t9?,10-,13-/m1/s1. The van der Waals surface area contributed by atoms with E-state index in [-0.39, 0.29) is 6.54 Å². The number of hydrogen-bond acceptors (Lipinski definition) is 4. The molecule has 0 saturated heterocycles. The second kappa shape index (κ2) is 5.45. The third kappa shape index (κ3) is 4.46. The molecule has 0 radical (unpaired) electrons. The first-order valence-corrected chi connectivity index (χ1v) is 6.50. The summed E-state index contributed by atoms with van der Waals surface area (Å²) < 4.78 is 5.09. The van der Waals surface area contributed by atoms with Crippen molar-refractivity contribution in [3.8, 4) is 0 Å². The summed E-state index contributed by atoms with van der Waals surface area (Å²) in [6, 6.07) is 0. The molecular weight excluding hydrogens is 234 g/mol. The third-order valence-corrected chi connectivity index (χ3v) is 3.25. The van der Waals surface area contributed by atoms with Crippen LogP contribution in [0.15, 0.2) is 0 Å². The normalized spacial score (nSPS) is 33.0. The summed E-state index contributed by atoms with van der Waals surface area (Å²) >= 11 is 0. The van der Waals surface area contributed by atoms with Crippen molar-refractivity contribution in [1.82, 2.24) is 5.32 Å². The number of nitrogens with one attached hydrogen (secondary N) is 1. The lowest BCUT2D eigenvalue weighted by molar-refractivity contribution is -0.107. The van der Waals surface area contributed by atoms with Gasteiger partial charge >= 0.3 is 6.09 Å². The van der Waals surface area contributed by atoms with Gasteiger partial charge in [0.15, 0.2) is 0 Å². The van der Waals surface area contributed by atoms with Crippen LogP contribution < -0.4 is 5.32 Å². The molecule has 5 nitrogen and oxygen atoms in total. The predicted octanol–water partition coefficient (Wildman–Crippen LogP) is 1.42. The summed E-state index contributed by atoms with van der Waals surface area (Å²) in [6.07, 6.45) is 0.541. The number of rotatable bonds is 2. The maximum Gasteiger partial charge on any atom is 0.407 e.